The first-order valence-electron chi connectivity index (χ1n) is 12.0. The smallest absolute Gasteiger partial charge is 0.342 e. The van der Waals surface area contributed by atoms with Crippen LogP contribution in [0, 0.1) is 0 Å². The van der Waals surface area contributed by atoms with E-state index in [0.29, 0.717) is 23.7 Å². The van der Waals surface area contributed by atoms with Gasteiger partial charge in [-0.1, -0.05) is 91.0 Å². The molecule has 37 heavy (non-hydrogen) atoms. The van der Waals surface area contributed by atoms with Gasteiger partial charge in [0, 0.05) is 17.8 Å². The number of esters is 1. The lowest BCUT2D eigenvalue weighted by Crippen LogP contribution is -2.16. The Bertz CT molecular complexity index is 1350. The fourth-order valence-electron chi connectivity index (χ4n) is 3.58. The van der Waals surface area contributed by atoms with E-state index in [9.17, 15) is 9.59 Å². The lowest BCUT2D eigenvalue weighted by molar-refractivity contribution is -0.137. The number of benzene rings is 3. The van der Waals surface area contributed by atoms with E-state index in [1.54, 1.807) is 49.5 Å². The molecule has 0 amide bonds. The van der Waals surface area contributed by atoms with Gasteiger partial charge in [-0.05, 0) is 24.1 Å². The molecule has 6 heteroatoms. The summed E-state index contributed by atoms with van der Waals surface area (Å²) in [7, 11) is 0. The van der Waals surface area contributed by atoms with Gasteiger partial charge in [-0.15, -0.1) is 0 Å². The van der Waals surface area contributed by atoms with Gasteiger partial charge in [0.2, 0.25) is 0 Å². The Labute approximate surface area is 216 Å². The molecular formula is C31H27NO5. The first-order valence-corrected chi connectivity index (χ1v) is 12.0. The number of carbonyl (C=O) groups excluding carboxylic acids is 2. The predicted molar refractivity (Wildman–Crippen MR) is 141 cm³/mol. The Morgan fingerprint density at radius 2 is 1.32 bits per heavy atom. The molecule has 0 fully saturated rings. The van der Waals surface area contributed by atoms with Crippen LogP contribution in [0.25, 0.3) is 6.08 Å². The summed E-state index contributed by atoms with van der Waals surface area (Å²) in [6, 6.07) is 29.7. The SMILES string of the molecule is CCOC(=O)/C(=C\c1nccc(OCc2ccccc2)c1OCc1ccccc1)C(=O)c1ccccc1. The highest BCUT2D eigenvalue weighted by atomic mass is 16.5. The van der Waals surface area contributed by atoms with Crippen LogP contribution in [0.3, 0.4) is 0 Å². The minimum absolute atomic E-state index is 0.128. The Balaban J connectivity index is 1.73. The number of rotatable bonds is 11. The molecule has 1 aromatic heterocycles. The van der Waals surface area contributed by atoms with Crippen molar-refractivity contribution < 1.29 is 23.8 Å². The molecule has 0 radical (unpaired) electrons. The van der Waals surface area contributed by atoms with Crippen molar-refractivity contribution in [2.75, 3.05) is 6.61 Å². The molecule has 186 valence electrons. The maximum absolute atomic E-state index is 13.3. The highest BCUT2D eigenvalue weighted by molar-refractivity contribution is 6.26. The highest BCUT2D eigenvalue weighted by Crippen LogP contribution is 2.33. The number of aromatic nitrogens is 1. The summed E-state index contributed by atoms with van der Waals surface area (Å²) < 4.78 is 17.5. The van der Waals surface area contributed by atoms with E-state index in [-0.39, 0.29) is 24.5 Å². The third-order valence-electron chi connectivity index (χ3n) is 5.42. The van der Waals surface area contributed by atoms with Crippen LogP contribution in [-0.4, -0.2) is 23.3 Å². The van der Waals surface area contributed by atoms with Crippen molar-refractivity contribution >= 4 is 17.8 Å². The quantitative estimate of drug-likeness (QED) is 0.0830. The van der Waals surface area contributed by atoms with E-state index >= 15 is 0 Å². The number of nitrogens with zero attached hydrogens (tertiary/aromatic N) is 1. The Morgan fingerprint density at radius 3 is 1.92 bits per heavy atom. The zero-order chi connectivity index (χ0) is 25.9. The van der Waals surface area contributed by atoms with Gasteiger partial charge >= 0.3 is 5.97 Å². The van der Waals surface area contributed by atoms with Crippen LogP contribution in [0.5, 0.6) is 11.5 Å². The Kier molecular flexibility index (Phi) is 8.81. The first kappa shape index (κ1) is 25.4. The third-order valence-corrected chi connectivity index (χ3v) is 5.42. The highest BCUT2D eigenvalue weighted by Gasteiger charge is 2.23. The van der Waals surface area contributed by atoms with E-state index in [1.165, 1.54) is 6.08 Å². The predicted octanol–water partition coefficient (Wildman–Crippen LogP) is 6.07. The van der Waals surface area contributed by atoms with E-state index in [1.807, 2.05) is 60.7 Å². The van der Waals surface area contributed by atoms with Gasteiger partial charge in [0.25, 0.3) is 0 Å². The maximum Gasteiger partial charge on any atom is 0.342 e. The van der Waals surface area contributed by atoms with Gasteiger partial charge in [-0.25, -0.2) is 4.79 Å². The van der Waals surface area contributed by atoms with Crippen LogP contribution in [0.15, 0.2) is 109 Å². The molecule has 0 aliphatic heterocycles. The van der Waals surface area contributed by atoms with Crippen LogP contribution >= 0.6 is 0 Å². The molecule has 0 spiro atoms. The summed E-state index contributed by atoms with van der Waals surface area (Å²) in [5, 5.41) is 0. The van der Waals surface area contributed by atoms with Crippen molar-refractivity contribution in [2.24, 2.45) is 0 Å². The molecule has 0 N–H and O–H groups in total. The number of ether oxygens (including phenoxy) is 3. The monoisotopic (exact) mass is 493 g/mol. The first-order chi connectivity index (χ1) is 18.2. The summed E-state index contributed by atoms with van der Waals surface area (Å²) in [4.78, 5) is 30.5. The van der Waals surface area contributed by atoms with Gasteiger partial charge in [-0.2, -0.15) is 0 Å². The topological polar surface area (TPSA) is 74.7 Å². The second kappa shape index (κ2) is 12.8. The normalized spacial score (nSPS) is 11.0. The van der Waals surface area contributed by atoms with Gasteiger partial charge in [0.1, 0.15) is 24.5 Å². The number of carbonyl (C=O) groups is 2. The number of hydrogen-bond donors (Lipinski definition) is 0. The lowest BCUT2D eigenvalue weighted by atomic mass is 10.0. The molecular weight excluding hydrogens is 466 g/mol. The molecule has 0 atom stereocenters. The molecule has 1 heterocycles. The van der Waals surface area contributed by atoms with Gasteiger partial charge in [-0.3, -0.25) is 9.78 Å². The Hall–Kier alpha value is -4.71. The van der Waals surface area contributed by atoms with E-state index in [0.717, 1.165) is 11.1 Å². The molecule has 4 aromatic rings. The van der Waals surface area contributed by atoms with E-state index in [2.05, 4.69) is 4.98 Å². The average molecular weight is 494 g/mol. The molecule has 0 saturated carbocycles. The molecule has 3 aromatic carbocycles. The van der Waals surface area contributed by atoms with Crippen molar-refractivity contribution in [3.63, 3.8) is 0 Å². The van der Waals surface area contributed by atoms with Gasteiger partial charge in [0.05, 0.1) is 6.61 Å². The Morgan fingerprint density at radius 1 is 0.757 bits per heavy atom. The maximum atomic E-state index is 13.3. The van der Waals surface area contributed by atoms with Crippen molar-refractivity contribution in [1.82, 2.24) is 4.98 Å². The summed E-state index contributed by atoms with van der Waals surface area (Å²) in [6.45, 7) is 2.37. The molecule has 0 aliphatic carbocycles. The van der Waals surface area contributed by atoms with Crippen molar-refractivity contribution in [1.29, 1.82) is 0 Å². The largest absolute Gasteiger partial charge is 0.485 e. The average Bonchev–Trinajstić information content (AvgIpc) is 2.95. The number of hydrogen-bond acceptors (Lipinski definition) is 6. The zero-order valence-corrected chi connectivity index (χ0v) is 20.5. The summed E-state index contributed by atoms with van der Waals surface area (Å²) in [5.74, 6) is -0.436. The van der Waals surface area contributed by atoms with Crippen molar-refractivity contribution in [3.05, 3.63) is 131 Å². The van der Waals surface area contributed by atoms with Gasteiger partial charge in [0.15, 0.2) is 17.3 Å². The number of ketones is 1. The standard InChI is InChI=1S/C31H27NO5/c1-2-35-31(34)26(29(33)25-16-10-5-11-17-25)20-27-30(37-22-24-14-8-4-9-15-24)28(18-19-32-27)36-21-23-12-6-3-7-13-23/h3-20H,2,21-22H2,1H3/b26-20-. The number of Topliss-reactive ketones (excluding diaryl/α,β-unsaturated/α-hetero) is 1. The van der Waals surface area contributed by atoms with Crippen molar-refractivity contribution in [3.8, 4) is 11.5 Å². The minimum Gasteiger partial charge on any atom is -0.485 e. The summed E-state index contributed by atoms with van der Waals surface area (Å²) >= 11 is 0. The molecule has 0 bridgehead atoms. The summed E-state index contributed by atoms with van der Waals surface area (Å²) in [6.07, 6.45) is 2.96. The third kappa shape index (κ3) is 6.92. The second-order valence-corrected chi connectivity index (χ2v) is 8.05. The van der Waals surface area contributed by atoms with Crippen LogP contribution in [-0.2, 0) is 22.7 Å². The van der Waals surface area contributed by atoms with E-state index < -0.39 is 11.8 Å². The van der Waals surface area contributed by atoms with Crippen LogP contribution in [0.4, 0.5) is 0 Å². The van der Waals surface area contributed by atoms with Crippen molar-refractivity contribution in [2.45, 2.75) is 20.1 Å². The fourth-order valence-corrected chi connectivity index (χ4v) is 3.58. The number of pyridine rings is 1. The molecule has 0 saturated heterocycles. The van der Waals surface area contributed by atoms with Crippen LogP contribution in [0.2, 0.25) is 0 Å². The molecule has 6 nitrogen and oxygen atoms in total. The molecule has 0 aliphatic rings. The molecule has 4 rings (SSSR count). The fraction of sp³-hybridized carbons (Fsp3) is 0.129. The second-order valence-electron chi connectivity index (χ2n) is 8.05. The molecule has 0 unspecified atom stereocenters. The van der Waals surface area contributed by atoms with E-state index in [4.69, 9.17) is 14.2 Å². The van der Waals surface area contributed by atoms with Gasteiger partial charge < -0.3 is 14.2 Å². The summed E-state index contributed by atoms with van der Waals surface area (Å²) in [5.41, 5.74) is 2.43. The lowest BCUT2D eigenvalue weighted by Gasteiger charge is -2.15. The minimum atomic E-state index is -0.734. The van der Waals surface area contributed by atoms with Crippen LogP contribution < -0.4 is 9.47 Å². The van der Waals surface area contributed by atoms with Crippen LogP contribution in [0.1, 0.15) is 34.1 Å². The zero-order valence-electron chi connectivity index (χ0n) is 20.5.